The number of nitro benzene ring substituents is 1. The second kappa shape index (κ2) is 11.9. The molecule has 1 heterocycles. The highest BCUT2D eigenvalue weighted by molar-refractivity contribution is 5.99. The second-order valence-electron chi connectivity index (χ2n) is 8.80. The minimum absolute atomic E-state index is 0.0649. The van der Waals surface area contributed by atoms with E-state index in [2.05, 4.69) is 15.1 Å². The summed E-state index contributed by atoms with van der Waals surface area (Å²) in [6.07, 6.45) is 1.56. The molecule has 8 nitrogen and oxygen atoms in total. The van der Waals surface area contributed by atoms with Gasteiger partial charge in [0.25, 0.3) is 11.6 Å². The fraction of sp³-hybridized carbons (Fsp3) is 0.0625. The van der Waals surface area contributed by atoms with Gasteiger partial charge in [-0.25, -0.2) is 5.43 Å². The van der Waals surface area contributed by atoms with E-state index in [9.17, 15) is 14.9 Å². The first-order chi connectivity index (χ1) is 19.6. The molecule has 0 atom stereocenters. The maximum Gasteiger partial charge on any atom is 0.282 e. The van der Waals surface area contributed by atoms with Gasteiger partial charge in [-0.05, 0) is 54.4 Å². The Hall–Kier alpha value is -5.50. The number of benzene rings is 4. The summed E-state index contributed by atoms with van der Waals surface area (Å²) in [6.45, 7) is 2.52. The summed E-state index contributed by atoms with van der Waals surface area (Å²) >= 11 is 0. The molecule has 198 valence electrons. The van der Waals surface area contributed by atoms with Crippen molar-refractivity contribution in [2.24, 2.45) is 5.10 Å². The van der Waals surface area contributed by atoms with Crippen LogP contribution >= 0.6 is 0 Å². The summed E-state index contributed by atoms with van der Waals surface area (Å²) in [4.78, 5) is 23.5. The fourth-order valence-corrected chi connectivity index (χ4v) is 4.51. The summed E-state index contributed by atoms with van der Waals surface area (Å²) in [5.41, 5.74) is 7.52. The van der Waals surface area contributed by atoms with Crippen LogP contribution in [0.2, 0.25) is 0 Å². The van der Waals surface area contributed by atoms with E-state index in [4.69, 9.17) is 4.74 Å². The van der Waals surface area contributed by atoms with Crippen molar-refractivity contribution in [1.82, 2.24) is 9.99 Å². The van der Waals surface area contributed by atoms with Gasteiger partial charge in [-0.15, -0.1) is 0 Å². The van der Waals surface area contributed by atoms with Crippen LogP contribution in [0.4, 0.5) is 5.69 Å². The predicted molar refractivity (Wildman–Crippen MR) is 156 cm³/mol. The molecule has 40 heavy (non-hydrogen) atoms. The minimum Gasteiger partial charge on any atom is -0.494 e. The largest absolute Gasteiger partial charge is 0.494 e. The smallest absolute Gasteiger partial charge is 0.282 e. The number of nitrogens with one attached hydrogen (secondary N) is 1. The van der Waals surface area contributed by atoms with Gasteiger partial charge in [0.1, 0.15) is 11.3 Å². The fourth-order valence-electron chi connectivity index (χ4n) is 4.51. The SMILES string of the molecule is CCOc1ccc(-n2c(-c3ccccc3)cc(/C=N\NC(=O)c3ccccc3[N+](=O)[O-])c2-c2ccccc2)cc1. The van der Waals surface area contributed by atoms with Crippen LogP contribution in [0.3, 0.4) is 0 Å². The zero-order valence-corrected chi connectivity index (χ0v) is 21.7. The number of hydrazone groups is 1. The Bertz CT molecular complexity index is 1660. The van der Waals surface area contributed by atoms with E-state index < -0.39 is 10.8 Å². The van der Waals surface area contributed by atoms with Crippen molar-refractivity contribution >= 4 is 17.8 Å². The van der Waals surface area contributed by atoms with Gasteiger partial charge in [-0.2, -0.15) is 5.10 Å². The van der Waals surface area contributed by atoms with Crippen LogP contribution in [0.15, 0.2) is 120 Å². The van der Waals surface area contributed by atoms with Crippen LogP contribution in [0.5, 0.6) is 5.75 Å². The maximum atomic E-state index is 12.8. The Balaban J connectivity index is 1.61. The summed E-state index contributed by atoms with van der Waals surface area (Å²) in [6, 6.07) is 35.5. The van der Waals surface area contributed by atoms with E-state index >= 15 is 0 Å². The average molecular weight is 531 g/mol. The summed E-state index contributed by atoms with van der Waals surface area (Å²) in [5.74, 6) is 0.111. The van der Waals surface area contributed by atoms with E-state index in [1.165, 1.54) is 18.2 Å². The molecular weight excluding hydrogens is 504 g/mol. The third-order valence-electron chi connectivity index (χ3n) is 6.27. The highest BCUT2D eigenvalue weighted by Gasteiger charge is 2.20. The number of aromatic nitrogens is 1. The lowest BCUT2D eigenvalue weighted by molar-refractivity contribution is -0.385. The van der Waals surface area contributed by atoms with Gasteiger partial charge in [0.2, 0.25) is 0 Å². The standard InChI is InChI=1S/C32H26N4O4/c1-2-40-27-19-17-26(18-20-27)35-30(23-11-5-3-6-12-23)21-25(31(35)24-13-7-4-8-14-24)22-33-34-32(37)28-15-9-10-16-29(28)36(38)39/h3-22H,2H2,1H3,(H,34,37)/b33-22-. The van der Waals surface area contributed by atoms with E-state index in [-0.39, 0.29) is 11.3 Å². The van der Waals surface area contributed by atoms with Crippen LogP contribution in [0.25, 0.3) is 28.2 Å². The maximum absolute atomic E-state index is 12.8. The first-order valence-corrected chi connectivity index (χ1v) is 12.7. The molecule has 0 fully saturated rings. The zero-order chi connectivity index (χ0) is 27.9. The molecule has 5 aromatic rings. The lowest BCUT2D eigenvalue weighted by Gasteiger charge is -2.15. The molecule has 5 rings (SSSR count). The third-order valence-corrected chi connectivity index (χ3v) is 6.27. The number of nitro groups is 1. The van der Waals surface area contributed by atoms with Gasteiger partial charge in [0.05, 0.1) is 29.1 Å². The predicted octanol–water partition coefficient (Wildman–Crippen LogP) is 6.88. The topological polar surface area (TPSA) is 98.8 Å². The highest BCUT2D eigenvalue weighted by atomic mass is 16.6. The number of amides is 1. The van der Waals surface area contributed by atoms with Crippen LogP contribution in [-0.2, 0) is 0 Å². The Morgan fingerprint density at radius 2 is 1.52 bits per heavy atom. The number of hydrogen-bond donors (Lipinski definition) is 1. The van der Waals surface area contributed by atoms with E-state index in [0.717, 1.165) is 39.5 Å². The first kappa shape index (κ1) is 26.1. The number of hydrogen-bond acceptors (Lipinski definition) is 5. The summed E-state index contributed by atoms with van der Waals surface area (Å²) in [7, 11) is 0. The molecule has 8 heteroatoms. The van der Waals surface area contributed by atoms with Crippen molar-refractivity contribution in [3.63, 3.8) is 0 Å². The highest BCUT2D eigenvalue weighted by Crippen LogP contribution is 2.35. The van der Waals surface area contributed by atoms with Gasteiger partial charge >= 0.3 is 0 Å². The minimum atomic E-state index is -0.668. The van der Waals surface area contributed by atoms with E-state index in [1.54, 1.807) is 12.3 Å². The Labute approximate surface area is 231 Å². The number of nitrogens with zero attached hydrogens (tertiary/aromatic N) is 3. The molecule has 0 saturated carbocycles. The van der Waals surface area contributed by atoms with E-state index in [0.29, 0.717) is 6.61 Å². The van der Waals surface area contributed by atoms with Crippen molar-refractivity contribution in [2.75, 3.05) is 6.61 Å². The van der Waals surface area contributed by atoms with E-state index in [1.807, 2.05) is 97.9 Å². The molecule has 0 aliphatic carbocycles. The number of carbonyl (C=O) groups is 1. The van der Waals surface area contributed by atoms with Gasteiger partial charge in [0.15, 0.2) is 0 Å². The number of rotatable bonds is 9. The lowest BCUT2D eigenvalue weighted by atomic mass is 10.1. The summed E-state index contributed by atoms with van der Waals surface area (Å²) < 4.78 is 7.80. The van der Waals surface area contributed by atoms with Gasteiger partial charge in [-0.1, -0.05) is 72.8 Å². The first-order valence-electron chi connectivity index (χ1n) is 12.7. The molecule has 0 radical (unpaired) electrons. The molecule has 0 saturated heterocycles. The molecule has 0 unspecified atom stereocenters. The van der Waals surface area contributed by atoms with Gasteiger partial charge in [0, 0.05) is 17.3 Å². The van der Waals surface area contributed by atoms with Crippen molar-refractivity contribution in [2.45, 2.75) is 6.92 Å². The molecule has 1 aromatic heterocycles. The van der Waals surface area contributed by atoms with Crippen molar-refractivity contribution in [1.29, 1.82) is 0 Å². The molecular formula is C32H26N4O4. The molecule has 0 spiro atoms. The quantitative estimate of drug-likeness (QED) is 0.128. The average Bonchev–Trinajstić information content (AvgIpc) is 3.38. The molecule has 4 aromatic carbocycles. The molecule has 1 N–H and O–H groups in total. The van der Waals surface area contributed by atoms with Crippen molar-refractivity contribution in [3.05, 3.63) is 137 Å². The van der Waals surface area contributed by atoms with Crippen LogP contribution in [0.1, 0.15) is 22.8 Å². The monoisotopic (exact) mass is 530 g/mol. The van der Waals surface area contributed by atoms with Crippen LogP contribution < -0.4 is 10.2 Å². The third kappa shape index (κ3) is 5.51. The van der Waals surface area contributed by atoms with Crippen molar-refractivity contribution in [3.8, 4) is 34.0 Å². The number of para-hydroxylation sites is 1. The molecule has 0 aliphatic heterocycles. The van der Waals surface area contributed by atoms with Gasteiger partial charge < -0.3 is 9.30 Å². The molecule has 0 bridgehead atoms. The normalized spacial score (nSPS) is 10.9. The Morgan fingerprint density at radius 1 is 0.900 bits per heavy atom. The van der Waals surface area contributed by atoms with Crippen LogP contribution in [-0.4, -0.2) is 28.2 Å². The number of ether oxygens (including phenoxy) is 1. The summed E-state index contributed by atoms with van der Waals surface area (Å²) in [5, 5.41) is 15.6. The van der Waals surface area contributed by atoms with Crippen LogP contribution in [0, 0.1) is 10.1 Å². The zero-order valence-electron chi connectivity index (χ0n) is 21.7. The second-order valence-corrected chi connectivity index (χ2v) is 8.80. The molecule has 0 aliphatic rings. The van der Waals surface area contributed by atoms with Gasteiger partial charge in [-0.3, -0.25) is 14.9 Å². The Kier molecular flexibility index (Phi) is 7.78. The lowest BCUT2D eigenvalue weighted by Crippen LogP contribution is -2.19. The Morgan fingerprint density at radius 3 is 2.17 bits per heavy atom. The number of carbonyl (C=O) groups excluding carboxylic acids is 1. The molecule has 1 amide bonds. The van der Waals surface area contributed by atoms with Crippen molar-refractivity contribution < 1.29 is 14.5 Å².